The molecule has 1 saturated heterocycles. The molecule has 6 nitrogen and oxygen atoms in total. The minimum Gasteiger partial charge on any atom is -0.465 e. The molecule has 1 aliphatic rings. The standard InChI is InChI=1S/C10H12ClN3O3/c1-13-9(7(4-12-13)10(16)17-2)14-5-6(11)3-8(14)15/h4,6H,3,5H2,1-2H3. The number of alkyl halides is 1. The highest BCUT2D eigenvalue weighted by Gasteiger charge is 2.34. The number of ether oxygens (including phenoxy) is 1. The van der Waals surface area contributed by atoms with Gasteiger partial charge in [-0.25, -0.2) is 4.79 Å². The number of hydrogen-bond acceptors (Lipinski definition) is 4. The third-order valence-electron chi connectivity index (χ3n) is 2.65. The second kappa shape index (κ2) is 4.37. The average Bonchev–Trinajstić information content (AvgIpc) is 2.80. The summed E-state index contributed by atoms with van der Waals surface area (Å²) in [7, 11) is 2.95. The largest absolute Gasteiger partial charge is 0.465 e. The topological polar surface area (TPSA) is 64.4 Å². The molecule has 92 valence electrons. The second-order valence-corrected chi connectivity index (χ2v) is 4.42. The molecule has 17 heavy (non-hydrogen) atoms. The van der Waals surface area contributed by atoms with E-state index >= 15 is 0 Å². The molecule has 2 rings (SSSR count). The summed E-state index contributed by atoms with van der Waals surface area (Å²) in [5.74, 6) is -0.192. The first-order valence-corrected chi connectivity index (χ1v) is 5.53. The number of anilines is 1. The summed E-state index contributed by atoms with van der Waals surface area (Å²) in [4.78, 5) is 24.8. The van der Waals surface area contributed by atoms with E-state index in [0.717, 1.165) is 0 Å². The molecular formula is C10H12ClN3O3. The molecule has 1 aromatic heterocycles. The Labute approximate surface area is 103 Å². The summed E-state index contributed by atoms with van der Waals surface area (Å²) in [6, 6.07) is 0. The first-order valence-electron chi connectivity index (χ1n) is 5.09. The smallest absolute Gasteiger partial charge is 0.343 e. The minimum atomic E-state index is -0.515. The molecule has 1 amide bonds. The van der Waals surface area contributed by atoms with E-state index in [-0.39, 0.29) is 23.3 Å². The van der Waals surface area contributed by atoms with Crippen molar-refractivity contribution in [3.05, 3.63) is 11.8 Å². The summed E-state index contributed by atoms with van der Waals surface area (Å²) in [6.45, 7) is 0.379. The van der Waals surface area contributed by atoms with Crippen LogP contribution in [-0.4, -0.2) is 40.7 Å². The molecule has 1 atom stereocenters. The van der Waals surface area contributed by atoms with Gasteiger partial charge in [0, 0.05) is 20.0 Å². The van der Waals surface area contributed by atoms with Crippen LogP contribution in [0.15, 0.2) is 6.20 Å². The molecule has 0 bridgehead atoms. The fourth-order valence-electron chi connectivity index (χ4n) is 1.87. The first-order chi connectivity index (χ1) is 8.04. The zero-order chi connectivity index (χ0) is 12.6. The van der Waals surface area contributed by atoms with Crippen LogP contribution in [0.5, 0.6) is 0 Å². The number of carbonyl (C=O) groups excluding carboxylic acids is 2. The van der Waals surface area contributed by atoms with Crippen molar-refractivity contribution in [3.63, 3.8) is 0 Å². The van der Waals surface area contributed by atoms with Gasteiger partial charge >= 0.3 is 5.97 Å². The van der Waals surface area contributed by atoms with Crippen LogP contribution in [0.1, 0.15) is 16.8 Å². The highest BCUT2D eigenvalue weighted by Crippen LogP contribution is 2.27. The molecule has 1 fully saturated rings. The zero-order valence-electron chi connectivity index (χ0n) is 9.51. The number of halogens is 1. The van der Waals surface area contributed by atoms with Crippen molar-refractivity contribution in [2.75, 3.05) is 18.6 Å². The lowest BCUT2D eigenvalue weighted by molar-refractivity contribution is -0.117. The van der Waals surface area contributed by atoms with Gasteiger partial charge in [-0.15, -0.1) is 11.6 Å². The minimum absolute atomic E-state index is 0.112. The molecule has 7 heteroatoms. The molecule has 1 aromatic rings. The van der Waals surface area contributed by atoms with Gasteiger partial charge in [-0.1, -0.05) is 0 Å². The summed E-state index contributed by atoms with van der Waals surface area (Å²) in [6.07, 6.45) is 1.66. The number of aromatic nitrogens is 2. The monoisotopic (exact) mass is 257 g/mol. The van der Waals surface area contributed by atoms with Gasteiger partial charge in [-0.2, -0.15) is 5.10 Å². The molecule has 0 radical (unpaired) electrons. The van der Waals surface area contributed by atoms with Gasteiger partial charge in [-0.05, 0) is 0 Å². The Morgan fingerprint density at radius 3 is 2.88 bits per heavy atom. The molecular weight excluding hydrogens is 246 g/mol. The summed E-state index contributed by atoms with van der Waals surface area (Å²) < 4.78 is 6.12. The van der Waals surface area contributed by atoms with Crippen LogP contribution < -0.4 is 4.90 Å². The van der Waals surface area contributed by atoms with Crippen molar-refractivity contribution >= 4 is 29.3 Å². The van der Waals surface area contributed by atoms with E-state index in [1.165, 1.54) is 22.9 Å². The number of amides is 1. The maximum Gasteiger partial charge on any atom is 0.343 e. The second-order valence-electron chi connectivity index (χ2n) is 3.80. The quantitative estimate of drug-likeness (QED) is 0.573. The Kier molecular flexibility index (Phi) is 3.06. The maximum atomic E-state index is 11.7. The van der Waals surface area contributed by atoms with Crippen LogP contribution in [0, 0.1) is 0 Å². The lowest BCUT2D eigenvalue weighted by Crippen LogP contribution is -2.28. The number of esters is 1. The van der Waals surface area contributed by atoms with Crippen LogP contribution in [-0.2, 0) is 16.6 Å². The van der Waals surface area contributed by atoms with Crippen molar-refractivity contribution in [2.45, 2.75) is 11.8 Å². The summed E-state index contributed by atoms with van der Waals surface area (Å²) in [5.41, 5.74) is 0.272. The van der Waals surface area contributed by atoms with Gasteiger partial charge in [0.25, 0.3) is 0 Å². The lowest BCUT2D eigenvalue weighted by Gasteiger charge is -2.17. The molecule has 0 saturated carbocycles. The number of hydrogen-bond donors (Lipinski definition) is 0. The van der Waals surface area contributed by atoms with Crippen molar-refractivity contribution in [1.29, 1.82) is 0 Å². The third-order valence-corrected chi connectivity index (χ3v) is 2.94. The zero-order valence-corrected chi connectivity index (χ0v) is 10.3. The van der Waals surface area contributed by atoms with Gasteiger partial charge in [0.15, 0.2) is 0 Å². The number of carbonyl (C=O) groups is 2. The molecule has 0 aliphatic carbocycles. The predicted molar refractivity (Wildman–Crippen MR) is 61.2 cm³/mol. The highest BCUT2D eigenvalue weighted by molar-refractivity contribution is 6.24. The SMILES string of the molecule is COC(=O)c1cnn(C)c1N1CC(Cl)CC1=O. The van der Waals surface area contributed by atoms with Crippen molar-refractivity contribution in [3.8, 4) is 0 Å². The fourth-order valence-corrected chi connectivity index (χ4v) is 2.14. The summed E-state index contributed by atoms with van der Waals surface area (Å²) in [5, 5.41) is 3.74. The number of aryl methyl sites for hydroxylation is 1. The molecule has 0 spiro atoms. The van der Waals surface area contributed by atoms with Crippen LogP contribution in [0.2, 0.25) is 0 Å². The Hall–Kier alpha value is -1.56. The van der Waals surface area contributed by atoms with Crippen LogP contribution in [0.25, 0.3) is 0 Å². The average molecular weight is 258 g/mol. The van der Waals surface area contributed by atoms with E-state index in [1.54, 1.807) is 7.05 Å². The molecule has 1 unspecified atom stereocenters. The molecule has 0 aromatic carbocycles. The highest BCUT2D eigenvalue weighted by atomic mass is 35.5. The van der Waals surface area contributed by atoms with Crippen LogP contribution in [0.3, 0.4) is 0 Å². The van der Waals surface area contributed by atoms with Gasteiger partial charge in [0.1, 0.15) is 11.4 Å². The Balaban J connectivity index is 2.41. The predicted octanol–water partition coefficient (Wildman–Crippen LogP) is 0.551. The lowest BCUT2D eigenvalue weighted by atomic mass is 10.3. The van der Waals surface area contributed by atoms with Gasteiger partial charge < -0.3 is 4.74 Å². The van der Waals surface area contributed by atoms with E-state index in [2.05, 4.69) is 9.84 Å². The van der Waals surface area contributed by atoms with Crippen LogP contribution in [0.4, 0.5) is 5.82 Å². The van der Waals surface area contributed by atoms with Gasteiger partial charge in [-0.3, -0.25) is 14.4 Å². The molecule has 1 aliphatic heterocycles. The normalized spacial score (nSPS) is 19.8. The van der Waals surface area contributed by atoms with E-state index < -0.39 is 5.97 Å². The number of methoxy groups -OCH3 is 1. The Morgan fingerprint density at radius 1 is 1.65 bits per heavy atom. The number of nitrogens with zero attached hydrogens (tertiary/aromatic N) is 3. The van der Waals surface area contributed by atoms with E-state index in [9.17, 15) is 9.59 Å². The Bertz CT molecular complexity index is 471. The van der Waals surface area contributed by atoms with Crippen molar-refractivity contribution < 1.29 is 14.3 Å². The Morgan fingerprint density at radius 2 is 2.35 bits per heavy atom. The van der Waals surface area contributed by atoms with Crippen molar-refractivity contribution in [2.24, 2.45) is 7.05 Å². The van der Waals surface area contributed by atoms with E-state index in [1.807, 2.05) is 0 Å². The van der Waals surface area contributed by atoms with Crippen molar-refractivity contribution in [1.82, 2.24) is 9.78 Å². The van der Waals surface area contributed by atoms with Crippen LogP contribution >= 0.6 is 11.6 Å². The third kappa shape index (κ3) is 2.00. The van der Waals surface area contributed by atoms with E-state index in [0.29, 0.717) is 12.4 Å². The summed E-state index contributed by atoms with van der Waals surface area (Å²) >= 11 is 5.93. The molecule has 2 heterocycles. The number of rotatable bonds is 2. The fraction of sp³-hybridized carbons (Fsp3) is 0.500. The van der Waals surface area contributed by atoms with Gasteiger partial charge in [0.05, 0.1) is 18.7 Å². The van der Waals surface area contributed by atoms with E-state index in [4.69, 9.17) is 11.6 Å². The maximum absolute atomic E-state index is 11.7. The molecule has 0 N–H and O–H groups in total. The first kappa shape index (κ1) is 11.9. The van der Waals surface area contributed by atoms with Gasteiger partial charge in [0.2, 0.25) is 5.91 Å².